The van der Waals surface area contributed by atoms with Gasteiger partial charge in [0.25, 0.3) is 0 Å². The first-order valence-electron chi connectivity index (χ1n) is 3.74. The van der Waals surface area contributed by atoms with Crippen LogP contribution < -0.4 is 3.84 Å². The molecule has 0 amide bonds. The molecule has 11 heavy (non-hydrogen) atoms. The SMILES string of the molecule is Cn1ccn[c]1[Sn][C](C)(C)C. The van der Waals surface area contributed by atoms with Crippen LogP contribution in [-0.2, 0) is 7.05 Å². The first-order chi connectivity index (χ1) is 4.99. The van der Waals surface area contributed by atoms with Gasteiger partial charge in [-0.1, -0.05) is 0 Å². The Labute approximate surface area is 78.2 Å². The van der Waals surface area contributed by atoms with Crippen LogP contribution in [0.5, 0.6) is 0 Å². The van der Waals surface area contributed by atoms with Crippen LogP contribution in [0.25, 0.3) is 0 Å². The summed E-state index contributed by atoms with van der Waals surface area (Å²) in [6.07, 6.45) is 3.92. The van der Waals surface area contributed by atoms with Gasteiger partial charge in [-0.2, -0.15) is 0 Å². The average Bonchev–Trinajstić information content (AvgIpc) is 2.12. The second kappa shape index (κ2) is 3.17. The average molecular weight is 257 g/mol. The zero-order valence-electron chi connectivity index (χ0n) is 7.55. The molecule has 0 aliphatic heterocycles. The van der Waals surface area contributed by atoms with Crippen molar-refractivity contribution in [1.29, 1.82) is 0 Å². The maximum atomic E-state index is 4.34. The van der Waals surface area contributed by atoms with Crippen molar-refractivity contribution in [3.05, 3.63) is 12.4 Å². The molecule has 0 aromatic carbocycles. The summed E-state index contributed by atoms with van der Waals surface area (Å²) in [6, 6.07) is 0. The van der Waals surface area contributed by atoms with Gasteiger partial charge < -0.3 is 0 Å². The van der Waals surface area contributed by atoms with Gasteiger partial charge in [0.05, 0.1) is 0 Å². The topological polar surface area (TPSA) is 17.8 Å². The molecule has 0 N–H and O–H groups in total. The Balaban J connectivity index is 2.72. The number of aromatic nitrogens is 2. The second-order valence-corrected chi connectivity index (χ2v) is 10.0. The third-order valence-corrected chi connectivity index (χ3v) is 5.46. The zero-order chi connectivity index (χ0) is 8.48. The van der Waals surface area contributed by atoms with Crippen LogP contribution in [-0.4, -0.2) is 30.7 Å². The van der Waals surface area contributed by atoms with Gasteiger partial charge in [0.15, 0.2) is 0 Å². The van der Waals surface area contributed by atoms with Crippen LogP contribution in [0.1, 0.15) is 20.8 Å². The van der Waals surface area contributed by atoms with Gasteiger partial charge in [-0.15, -0.1) is 0 Å². The van der Waals surface area contributed by atoms with E-state index in [1.165, 1.54) is 3.84 Å². The van der Waals surface area contributed by atoms with Crippen molar-refractivity contribution in [3.63, 3.8) is 0 Å². The zero-order valence-corrected chi connectivity index (χ0v) is 10.4. The molecule has 1 aromatic rings. The molecule has 1 heterocycles. The molecule has 0 fully saturated rings. The molecule has 0 saturated carbocycles. The predicted molar refractivity (Wildman–Crippen MR) is 48.3 cm³/mol. The molecule has 0 aliphatic rings. The number of nitrogens with zero attached hydrogens (tertiary/aromatic N) is 2. The van der Waals surface area contributed by atoms with E-state index in [0.29, 0.717) is 3.43 Å². The van der Waals surface area contributed by atoms with E-state index in [9.17, 15) is 0 Å². The quantitative estimate of drug-likeness (QED) is 0.685. The fraction of sp³-hybridized carbons (Fsp3) is 0.625. The van der Waals surface area contributed by atoms with Gasteiger partial charge >= 0.3 is 78.2 Å². The van der Waals surface area contributed by atoms with E-state index in [2.05, 4.69) is 37.4 Å². The Kier molecular flexibility index (Phi) is 2.62. The van der Waals surface area contributed by atoms with Crippen molar-refractivity contribution in [1.82, 2.24) is 9.55 Å². The van der Waals surface area contributed by atoms with Gasteiger partial charge in [0, 0.05) is 0 Å². The minimum atomic E-state index is -0.487. The summed E-state index contributed by atoms with van der Waals surface area (Å²) in [4.78, 5) is 4.34. The third kappa shape index (κ3) is 2.85. The summed E-state index contributed by atoms with van der Waals surface area (Å²) in [5.74, 6) is 0. The van der Waals surface area contributed by atoms with Crippen molar-refractivity contribution >= 4 is 25.0 Å². The summed E-state index contributed by atoms with van der Waals surface area (Å²) in [5.41, 5.74) is 0. The van der Waals surface area contributed by atoms with Gasteiger partial charge in [0.2, 0.25) is 0 Å². The fourth-order valence-corrected chi connectivity index (χ4v) is 3.85. The number of rotatable bonds is 1. The molecule has 0 aliphatic carbocycles. The summed E-state index contributed by atoms with van der Waals surface area (Å²) in [5, 5.41) is 0. The Morgan fingerprint density at radius 2 is 2.09 bits per heavy atom. The standard InChI is InChI=1S/C4H5N2.C4H9.Sn/c1-6-3-2-5-4-6;1-4(2)3;/h2-3H,1H3;1-3H3;. The van der Waals surface area contributed by atoms with Crippen LogP contribution in [0.3, 0.4) is 0 Å². The van der Waals surface area contributed by atoms with E-state index >= 15 is 0 Å². The molecule has 0 unspecified atom stereocenters. The third-order valence-electron chi connectivity index (χ3n) is 1.31. The van der Waals surface area contributed by atoms with Crippen LogP contribution in [0.2, 0.25) is 3.43 Å². The van der Waals surface area contributed by atoms with Crippen LogP contribution in [0.4, 0.5) is 0 Å². The summed E-state index contributed by atoms with van der Waals surface area (Å²) < 4.78 is 3.99. The number of imidazole rings is 1. The number of aryl methyl sites for hydroxylation is 1. The molecule has 0 spiro atoms. The maximum absolute atomic E-state index is 4.34. The molecule has 1 rings (SSSR count). The summed E-state index contributed by atoms with van der Waals surface area (Å²) >= 11 is -0.487. The number of hydrogen-bond donors (Lipinski definition) is 0. The van der Waals surface area contributed by atoms with E-state index < -0.39 is 21.1 Å². The van der Waals surface area contributed by atoms with Crippen molar-refractivity contribution in [3.8, 4) is 0 Å². The molecule has 1 aromatic heterocycles. The minimum absolute atomic E-state index is 0.487. The Bertz CT molecular complexity index is 234. The monoisotopic (exact) mass is 258 g/mol. The second-order valence-electron chi connectivity index (χ2n) is 3.74. The van der Waals surface area contributed by atoms with E-state index in [1.54, 1.807) is 0 Å². The first kappa shape index (κ1) is 9.10. The molecule has 0 atom stereocenters. The Hall–Kier alpha value is 0.00870. The van der Waals surface area contributed by atoms with Crippen molar-refractivity contribution in [2.75, 3.05) is 0 Å². The van der Waals surface area contributed by atoms with Crippen molar-refractivity contribution < 1.29 is 0 Å². The van der Waals surface area contributed by atoms with E-state index in [1.807, 2.05) is 12.4 Å². The van der Waals surface area contributed by atoms with Gasteiger partial charge in [-0.25, -0.2) is 0 Å². The molecule has 3 heteroatoms. The molecular weight excluding hydrogens is 243 g/mol. The van der Waals surface area contributed by atoms with Crippen LogP contribution in [0, 0.1) is 0 Å². The van der Waals surface area contributed by atoms with E-state index in [-0.39, 0.29) is 0 Å². The Morgan fingerprint density at radius 3 is 2.45 bits per heavy atom. The molecule has 0 saturated heterocycles. The van der Waals surface area contributed by atoms with E-state index in [0.717, 1.165) is 0 Å². The summed E-state index contributed by atoms with van der Waals surface area (Å²) in [7, 11) is 2.08. The Morgan fingerprint density at radius 1 is 1.45 bits per heavy atom. The first-order valence-corrected chi connectivity index (χ1v) is 6.60. The summed E-state index contributed by atoms with van der Waals surface area (Å²) in [6.45, 7) is 6.90. The van der Waals surface area contributed by atoms with Crippen LogP contribution >= 0.6 is 0 Å². The fourth-order valence-electron chi connectivity index (χ4n) is 0.821. The number of hydrogen-bond acceptors (Lipinski definition) is 1. The van der Waals surface area contributed by atoms with Gasteiger partial charge in [-0.05, 0) is 0 Å². The van der Waals surface area contributed by atoms with Crippen molar-refractivity contribution in [2.24, 2.45) is 7.05 Å². The van der Waals surface area contributed by atoms with Gasteiger partial charge in [0.1, 0.15) is 0 Å². The normalized spacial score (nSPS) is 12.0. The molecular formula is C8H14N2Sn. The molecule has 0 bridgehead atoms. The van der Waals surface area contributed by atoms with E-state index in [4.69, 9.17) is 0 Å². The van der Waals surface area contributed by atoms with Crippen molar-refractivity contribution in [2.45, 2.75) is 24.2 Å². The molecule has 60 valence electrons. The van der Waals surface area contributed by atoms with Gasteiger partial charge in [-0.3, -0.25) is 0 Å². The molecule has 2 radical (unpaired) electrons. The predicted octanol–water partition coefficient (Wildman–Crippen LogP) is 0.968. The molecule has 2 nitrogen and oxygen atoms in total. The van der Waals surface area contributed by atoms with Crippen LogP contribution in [0.15, 0.2) is 12.4 Å².